The van der Waals surface area contributed by atoms with Crippen molar-refractivity contribution in [1.29, 1.82) is 0 Å². The highest BCUT2D eigenvalue weighted by molar-refractivity contribution is 6.04. The van der Waals surface area contributed by atoms with Gasteiger partial charge >= 0.3 is 0 Å². The van der Waals surface area contributed by atoms with E-state index >= 15 is 0 Å². The van der Waals surface area contributed by atoms with Gasteiger partial charge in [0.15, 0.2) is 0 Å². The molecule has 2 aromatic carbocycles. The minimum atomic E-state index is -0.484. The van der Waals surface area contributed by atoms with Crippen LogP contribution < -0.4 is 16.6 Å². The first kappa shape index (κ1) is 23.6. The van der Waals surface area contributed by atoms with Gasteiger partial charge in [-0.15, -0.1) is 0 Å². The average molecular weight is 507 g/mol. The van der Waals surface area contributed by atoms with Crippen LogP contribution in [0.1, 0.15) is 35.7 Å². The van der Waals surface area contributed by atoms with Gasteiger partial charge in [-0.3, -0.25) is 14.2 Å². The number of rotatable bonds is 5. The Balaban J connectivity index is 1.28. The number of carbonyl (C=O) groups is 1. The number of anilines is 2. The van der Waals surface area contributed by atoms with Crippen molar-refractivity contribution in [2.24, 2.45) is 0 Å². The quantitative estimate of drug-likeness (QED) is 0.328. The van der Waals surface area contributed by atoms with Crippen LogP contribution in [0.5, 0.6) is 0 Å². The van der Waals surface area contributed by atoms with Crippen LogP contribution in [0.15, 0.2) is 90.2 Å². The lowest BCUT2D eigenvalue weighted by Crippen LogP contribution is -2.27. The van der Waals surface area contributed by atoms with Crippen molar-refractivity contribution in [3.8, 4) is 16.8 Å². The molecule has 9 heteroatoms. The SMILES string of the molecule is Nc1ncnc2c1c(-c1ccc(NC(=O)c3cccn(-c4ccccc4)c3=O)cc1)cn2C1CCC(O)C1. The van der Waals surface area contributed by atoms with Crippen LogP contribution in [-0.4, -0.2) is 36.2 Å². The summed E-state index contributed by atoms with van der Waals surface area (Å²) in [7, 11) is 0. The summed E-state index contributed by atoms with van der Waals surface area (Å²) in [5.41, 5.74) is 9.66. The number of nitrogen functional groups attached to an aromatic ring is 1. The molecule has 0 aliphatic heterocycles. The molecule has 38 heavy (non-hydrogen) atoms. The second-order valence-corrected chi connectivity index (χ2v) is 9.49. The minimum absolute atomic E-state index is 0.0483. The van der Waals surface area contributed by atoms with Crippen molar-refractivity contribution < 1.29 is 9.90 Å². The number of aromatic nitrogens is 4. The fourth-order valence-corrected chi connectivity index (χ4v) is 5.18. The lowest BCUT2D eigenvalue weighted by atomic mass is 10.1. The molecule has 1 aliphatic carbocycles. The molecule has 3 heterocycles. The number of fused-ring (bicyclic) bond motifs is 1. The van der Waals surface area contributed by atoms with Crippen molar-refractivity contribution in [3.63, 3.8) is 0 Å². The smallest absolute Gasteiger partial charge is 0.267 e. The molecule has 3 aromatic heterocycles. The van der Waals surface area contributed by atoms with Gasteiger partial charge in [-0.05, 0) is 61.2 Å². The van der Waals surface area contributed by atoms with E-state index in [1.54, 1.807) is 24.4 Å². The fourth-order valence-electron chi connectivity index (χ4n) is 5.18. The molecule has 190 valence electrons. The molecule has 6 rings (SSSR count). The number of carbonyl (C=O) groups excluding carboxylic acids is 1. The molecule has 0 bridgehead atoms. The Labute approximate surface area is 218 Å². The highest BCUT2D eigenvalue weighted by atomic mass is 16.3. The maximum Gasteiger partial charge on any atom is 0.267 e. The topological polar surface area (TPSA) is 128 Å². The van der Waals surface area contributed by atoms with Crippen molar-refractivity contribution in [3.05, 3.63) is 101 Å². The lowest BCUT2D eigenvalue weighted by molar-refractivity contribution is 0.102. The Morgan fingerprint density at radius 1 is 1.00 bits per heavy atom. The molecule has 9 nitrogen and oxygen atoms in total. The predicted molar refractivity (Wildman–Crippen MR) is 146 cm³/mol. The number of aliphatic hydroxyl groups excluding tert-OH is 1. The number of amides is 1. The maximum atomic E-state index is 13.0. The van der Waals surface area contributed by atoms with Gasteiger partial charge < -0.3 is 20.7 Å². The maximum absolute atomic E-state index is 13.0. The van der Waals surface area contributed by atoms with Crippen molar-refractivity contribution in [1.82, 2.24) is 19.1 Å². The number of para-hydroxylation sites is 1. The summed E-state index contributed by atoms with van der Waals surface area (Å²) < 4.78 is 3.53. The number of pyridine rings is 1. The molecule has 2 atom stereocenters. The first-order valence-electron chi connectivity index (χ1n) is 12.5. The number of nitrogens with two attached hydrogens (primary N) is 1. The second-order valence-electron chi connectivity index (χ2n) is 9.49. The van der Waals surface area contributed by atoms with Crippen LogP contribution in [0.2, 0.25) is 0 Å². The zero-order chi connectivity index (χ0) is 26.2. The van der Waals surface area contributed by atoms with E-state index in [2.05, 4.69) is 19.9 Å². The number of aliphatic hydroxyl groups is 1. The first-order chi connectivity index (χ1) is 18.5. The summed E-state index contributed by atoms with van der Waals surface area (Å²) in [6, 6.07) is 19.8. The van der Waals surface area contributed by atoms with Gasteiger partial charge in [0.05, 0.1) is 11.5 Å². The van der Waals surface area contributed by atoms with E-state index in [4.69, 9.17) is 5.73 Å². The molecule has 5 aromatic rings. The Hall–Kier alpha value is -4.76. The summed E-state index contributed by atoms with van der Waals surface area (Å²) in [5.74, 6) is -0.0967. The largest absolute Gasteiger partial charge is 0.393 e. The van der Waals surface area contributed by atoms with Crippen molar-refractivity contribution >= 4 is 28.4 Å². The third-order valence-corrected chi connectivity index (χ3v) is 7.09. The van der Waals surface area contributed by atoms with E-state index in [-0.39, 0.29) is 17.7 Å². The van der Waals surface area contributed by atoms with Crippen molar-refractivity contribution in [2.45, 2.75) is 31.4 Å². The second kappa shape index (κ2) is 9.60. The fraction of sp³-hybridized carbons (Fsp3) is 0.172. The monoisotopic (exact) mass is 506 g/mol. The summed E-state index contributed by atoms with van der Waals surface area (Å²) in [5, 5.41) is 13.6. The standard InChI is InChI=1S/C29H26N6O3/c30-26-25-24(16-35(27(25)32-17-31-26)21-12-13-22(36)15-21)18-8-10-19(11-9-18)33-28(37)23-7-4-14-34(29(23)38)20-5-2-1-3-6-20/h1-11,14,16-17,21-22,36H,12-13,15H2,(H,33,37)(H2,30,31,32). The van der Waals surface area contributed by atoms with E-state index in [1.165, 1.54) is 17.0 Å². The van der Waals surface area contributed by atoms with Gasteiger partial charge in [0, 0.05) is 35.4 Å². The van der Waals surface area contributed by atoms with Crippen LogP contribution in [-0.2, 0) is 0 Å². The zero-order valence-corrected chi connectivity index (χ0v) is 20.5. The first-order valence-corrected chi connectivity index (χ1v) is 12.5. The van der Waals surface area contributed by atoms with Crippen LogP contribution in [0, 0.1) is 0 Å². The Morgan fingerprint density at radius 3 is 2.53 bits per heavy atom. The zero-order valence-electron chi connectivity index (χ0n) is 20.5. The van der Waals surface area contributed by atoms with Crippen LogP contribution >= 0.6 is 0 Å². The summed E-state index contributed by atoms with van der Waals surface area (Å²) in [4.78, 5) is 34.7. The third kappa shape index (κ3) is 4.22. The van der Waals surface area contributed by atoms with Gasteiger partial charge in [0.2, 0.25) is 0 Å². The van der Waals surface area contributed by atoms with Gasteiger partial charge in [0.1, 0.15) is 23.4 Å². The molecule has 1 aliphatic rings. The van der Waals surface area contributed by atoms with Crippen LogP contribution in [0.25, 0.3) is 27.8 Å². The molecular formula is C29H26N6O3. The number of hydrogen-bond donors (Lipinski definition) is 3. The molecule has 4 N–H and O–H groups in total. The predicted octanol–water partition coefficient (Wildman–Crippen LogP) is 4.17. The van der Waals surface area contributed by atoms with Crippen LogP contribution in [0.3, 0.4) is 0 Å². The number of nitrogens with one attached hydrogen (secondary N) is 1. The number of nitrogens with zero attached hydrogens (tertiary/aromatic N) is 4. The van der Waals surface area contributed by atoms with Gasteiger partial charge in [-0.2, -0.15) is 0 Å². The van der Waals surface area contributed by atoms with Crippen molar-refractivity contribution in [2.75, 3.05) is 11.1 Å². The summed E-state index contributed by atoms with van der Waals surface area (Å²) >= 11 is 0. The Bertz CT molecular complexity index is 1690. The Morgan fingerprint density at radius 2 is 1.79 bits per heavy atom. The molecule has 0 radical (unpaired) electrons. The Kier molecular flexibility index (Phi) is 5.97. The van der Waals surface area contributed by atoms with E-state index in [9.17, 15) is 14.7 Å². The van der Waals surface area contributed by atoms with E-state index < -0.39 is 11.5 Å². The molecule has 1 fully saturated rings. The number of hydrogen-bond acceptors (Lipinski definition) is 6. The lowest BCUT2D eigenvalue weighted by Gasteiger charge is -2.12. The number of benzene rings is 2. The normalized spacial score (nSPS) is 17.1. The highest BCUT2D eigenvalue weighted by Crippen LogP contribution is 2.39. The molecule has 0 saturated heterocycles. The average Bonchev–Trinajstić information content (AvgIpc) is 3.54. The van der Waals surface area contributed by atoms with Gasteiger partial charge in [0.25, 0.3) is 11.5 Å². The minimum Gasteiger partial charge on any atom is -0.393 e. The van der Waals surface area contributed by atoms with E-state index in [0.717, 1.165) is 35.0 Å². The molecule has 2 unspecified atom stereocenters. The molecule has 0 spiro atoms. The van der Waals surface area contributed by atoms with Gasteiger partial charge in [-0.25, -0.2) is 9.97 Å². The van der Waals surface area contributed by atoms with Crippen LogP contribution in [0.4, 0.5) is 11.5 Å². The van der Waals surface area contributed by atoms with Gasteiger partial charge in [-0.1, -0.05) is 30.3 Å². The summed E-state index contributed by atoms with van der Waals surface area (Å²) in [6.45, 7) is 0. The molecule has 1 saturated carbocycles. The molecular weight excluding hydrogens is 480 g/mol. The summed E-state index contributed by atoms with van der Waals surface area (Å²) in [6.07, 6.45) is 7.09. The van der Waals surface area contributed by atoms with E-state index in [0.29, 0.717) is 23.6 Å². The highest BCUT2D eigenvalue weighted by Gasteiger charge is 2.27. The van der Waals surface area contributed by atoms with E-state index in [1.807, 2.05) is 48.7 Å². The molecule has 1 amide bonds. The third-order valence-electron chi connectivity index (χ3n) is 7.09.